The summed E-state index contributed by atoms with van der Waals surface area (Å²) in [7, 11) is 0. The fraction of sp³-hybridized carbons (Fsp3) is 0.235. The number of imidazole rings is 1. The molecule has 26 heavy (non-hydrogen) atoms. The van der Waals surface area contributed by atoms with E-state index in [-0.39, 0.29) is 23.1 Å². The molecule has 3 aromatic rings. The molecule has 0 aromatic carbocycles. The molecule has 0 bridgehead atoms. The molecule has 0 radical (unpaired) electrons. The van der Waals surface area contributed by atoms with Crippen LogP contribution in [0.25, 0.3) is 5.78 Å². The van der Waals surface area contributed by atoms with E-state index in [1.54, 1.807) is 51.0 Å². The van der Waals surface area contributed by atoms with Crippen molar-refractivity contribution in [3.8, 4) is 0 Å². The van der Waals surface area contributed by atoms with Crippen molar-refractivity contribution >= 4 is 17.6 Å². The minimum atomic E-state index is -0.315. The molecular weight excluding hydrogens is 336 g/mol. The van der Waals surface area contributed by atoms with Crippen LogP contribution in [0.5, 0.6) is 0 Å². The van der Waals surface area contributed by atoms with Crippen LogP contribution in [0.1, 0.15) is 21.0 Å². The van der Waals surface area contributed by atoms with Crippen molar-refractivity contribution in [1.82, 2.24) is 29.2 Å². The van der Waals surface area contributed by atoms with Crippen LogP contribution in [0, 0.1) is 0 Å². The number of aromatic amines is 1. The maximum Gasteiger partial charge on any atom is 0.274 e. The van der Waals surface area contributed by atoms with Crippen molar-refractivity contribution in [3.63, 3.8) is 0 Å². The summed E-state index contributed by atoms with van der Waals surface area (Å²) in [4.78, 5) is 50.6. The van der Waals surface area contributed by atoms with Gasteiger partial charge in [0.25, 0.3) is 11.8 Å². The molecule has 1 saturated heterocycles. The highest BCUT2D eigenvalue weighted by atomic mass is 16.2. The van der Waals surface area contributed by atoms with Gasteiger partial charge in [-0.15, -0.1) is 0 Å². The lowest BCUT2D eigenvalue weighted by atomic mass is 10.2. The summed E-state index contributed by atoms with van der Waals surface area (Å²) >= 11 is 0. The third-order valence-electron chi connectivity index (χ3n) is 4.31. The summed E-state index contributed by atoms with van der Waals surface area (Å²) < 4.78 is 1.69. The third-order valence-corrected chi connectivity index (χ3v) is 4.31. The maximum absolute atomic E-state index is 12.6. The molecule has 4 rings (SSSR count). The highest BCUT2D eigenvalue weighted by Gasteiger charge is 2.27. The quantitative estimate of drug-likeness (QED) is 0.700. The predicted octanol–water partition coefficient (Wildman–Crippen LogP) is 0.0158. The van der Waals surface area contributed by atoms with E-state index in [2.05, 4.69) is 15.0 Å². The average molecular weight is 352 g/mol. The van der Waals surface area contributed by atoms with Gasteiger partial charge in [0.1, 0.15) is 11.4 Å². The Morgan fingerprint density at radius 2 is 1.73 bits per heavy atom. The van der Waals surface area contributed by atoms with E-state index in [1.807, 2.05) is 0 Å². The molecule has 1 N–H and O–H groups in total. The van der Waals surface area contributed by atoms with Gasteiger partial charge in [0.2, 0.25) is 11.3 Å². The van der Waals surface area contributed by atoms with Crippen LogP contribution in [0.2, 0.25) is 0 Å². The Morgan fingerprint density at radius 1 is 1.00 bits per heavy atom. The number of piperazine rings is 1. The number of hydrogen-bond donors (Lipinski definition) is 1. The first kappa shape index (κ1) is 16.0. The van der Waals surface area contributed by atoms with Crippen LogP contribution in [-0.2, 0) is 0 Å². The molecule has 4 heterocycles. The van der Waals surface area contributed by atoms with Gasteiger partial charge < -0.3 is 14.8 Å². The fourth-order valence-corrected chi connectivity index (χ4v) is 2.95. The lowest BCUT2D eigenvalue weighted by molar-refractivity contribution is 0.0529. The van der Waals surface area contributed by atoms with Crippen LogP contribution >= 0.6 is 0 Å². The third kappa shape index (κ3) is 2.94. The zero-order chi connectivity index (χ0) is 18.1. The van der Waals surface area contributed by atoms with Crippen molar-refractivity contribution < 1.29 is 9.59 Å². The minimum absolute atomic E-state index is 0.185. The normalized spacial score (nSPS) is 14.6. The number of fused-ring (bicyclic) bond motifs is 1. The van der Waals surface area contributed by atoms with E-state index in [4.69, 9.17) is 0 Å². The van der Waals surface area contributed by atoms with Crippen molar-refractivity contribution in [2.24, 2.45) is 0 Å². The van der Waals surface area contributed by atoms with Crippen molar-refractivity contribution in [2.45, 2.75) is 0 Å². The second kappa shape index (κ2) is 6.43. The molecule has 1 aliphatic rings. The zero-order valence-electron chi connectivity index (χ0n) is 13.8. The molecule has 132 valence electrons. The number of H-pyrrole nitrogens is 1. The van der Waals surface area contributed by atoms with Gasteiger partial charge in [-0.1, -0.05) is 6.07 Å². The van der Waals surface area contributed by atoms with E-state index in [0.717, 1.165) is 0 Å². The van der Waals surface area contributed by atoms with E-state index < -0.39 is 0 Å². The van der Waals surface area contributed by atoms with Crippen LogP contribution < -0.4 is 5.56 Å². The van der Waals surface area contributed by atoms with Gasteiger partial charge in [-0.2, -0.15) is 0 Å². The van der Waals surface area contributed by atoms with Gasteiger partial charge in [0, 0.05) is 50.8 Å². The standard InChI is InChI=1S/C17H16N6O3/c24-14-4-1-3-12(19-14)15(25)21-7-9-22(10-8-21)16(26)13-11-23-6-2-5-18-17(23)20-13/h1-6,11H,7-10H2,(H,19,24). The van der Waals surface area contributed by atoms with E-state index in [9.17, 15) is 14.4 Å². The maximum atomic E-state index is 12.6. The van der Waals surface area contributed by atoms with Crippen LogP contribution in [0.3, 0.4) is 0 Å². The number of nitrogens with zero attached hydrogens (tertiary/aromatic N) is 5. The molecular formula is C17H16N6O3. The van der Waals surface area contributed by atoms with E-state index >= 15 is 0 Å². The largest absolute Gasteiger partial charge is 0.334 e. The van der Waals surface area contributed by atoms with Crippen molar-refractivity contribution in [3.05, 3.63) is 64.6 Å². The Morgan fingerprint density at radius 3 is 2.42 bits per heavy atom. The molecule has 9 heteroatoms. The Labute approximate surface area is 147 Å². The molecule has 0 spiro atoms. The minimum Gasteiger partial charge on any atom is -0.334 e. The Kier molecular flexibility index (Phi) is 3.96. The van der Waals surface area contributed by atoms with Crippen molar-refractivity contribution in [1.29, 1.82) is 0 Å². The Bertz CT molecular complexity index is 999. The van der Waals surface area contributed by atoms with E-state index in [1.165, 1.54) is 6.07 Å². The highest BCUT2D eigenvalue weighted by molar-refractivity contribution is 5.94. The summed E-state index contributed by atoms with van der Waals surface area (Å²) in [5, 5.41) is 0. The monoisotopic (exact) mass is 352 g/mol. The zero-order valence-corrected chi connectivity index (χ0v) is 13.8. The molecule has 0 atom stereocenters. The first-order chi connectivity index (χ1) is 12.6. The number of amides is 2. The van der Waals surface area contributed by atoms with Gasteiger partial charge in [0.15, 0.2) is 0 Å². The number of carbonyl (C=O) groups excluding carboxylic acids is 2. The number of aromatic nitrogens is 4. The number of carbonyl (C=O) groups is 2. The summed E-state index contributed by atoms with van der Waals surface area (Å²) in [6.07, 6.45) is 5.05. The summed E-state index contributed by atoms with van der Waals surface area (Å²) in [5.41, 5.74) is 0.268. The predicted molar refractivity (Wildman–Crippen MR) is 91.9 cm³/mol. The first-order valence-electron chi connectivity index (χ1n) is 8.19. The lowest BCUT2D eigenvalue weighted by Crippen LogP contribution is -2.51. The number of hydrogen-bond acceptors (Lipinski definition) is 5. The molecule has 1 fully saturated rings. The molecule has 1 aliphatic heterocycles. The van der Waals surface area contributed by atoms with Gasteiger partial charge in [-0.25, -0.2) is 9.97 Å². The van der Waals surface area contributed by atoms with Crippen LogP contribution in [0.4, 0.5) is 0 Å². The molecule has 2 amide bonds. The number of nitrogens with one attached hydrogen (secondary N) is 1. The van der Waals surface area contributed by atoms with Crippen LogP contribution in [-0.4, -0.2) is 67.1 Å². The molecule has 9 nitrogen and oxygen atoms in total. The number of pyridine rings is 1. The van der Waals surface area contributed by atoms with Gasteiger partial charge in [0.05, 0.1) is 0 Å². The Hall–Kier alpha value is -3.49. The summed E-state index contributed by atoms with van der Waals surface area (Å²) in [6.45, 7) is 1.60. The summed E-state index contributed by atoms with van der Waals surface area (Å²) in [6, 6.07) is 6.24. The number of rotatable bonds is 2. The van der Waals surface area contributed by atoms with Crippen molar-refractivity contribution in [2.75, 3.05) is 26.2 Å². The van der Waals surface area contributed by atoms with Gasteiger partial charge in [-0.05, 0) is 12.1 Å². The molecule has 0 unspecified atom stereocenters. The second-order valence-electron chi connectivity index (χ2n) is 5.97. The topological polar surface area (TPSA) is 104 Å². The lowest BCUT2D eigenvalue weighted by Gasteiger charge is -2.34. The van der Waals surface area contributed by atoms with Gasteiger partial charge >= 0.3 is 0 Å². The summed E-state index contributed by atoms with van der Waals surface area (Å²) in [5.74, 6) is 0.0418. The first-order valence-corrected chi connectivity index (χ1v) is 8.19. The molecule has 0 saturated carbocycles. The van der Waals surface area contributed by atoms with E-state index in [0.29, 0.717) is 37.7 Å². The highest BCUT2D eigenvalue weighted by Crippen LogP contribution is 2.11. The smallest absolute Gasteiger partial charge is 0.274 e. The molecule has 0 aliphatic carbocycles. The van der Waals surface area contributed by atoms with Crippen LogP contribution in [0.15, 0.2) is 47.7 Å². The van der Waals surface area contributed by atoms with Gasteiger partial charge in [-0.3, -0.25) is 18.8 Å². The second-order valence-corrected chi connectivity index (χ2v) is 5.97. The molecule has 3 aromatic heterocycles. The average Bonchev–Trinajstić information content (AvgIpc) is 3.11. The fourth-order valence-electron chi connectivity index (χ4n) is 2.95. The SMILES string of the molecule is O=C(c1cn2cccnc2n1)N1CCN(C(=O)c2cccc(=O)[nH]2)CC1. The Balaban J connectivity index is 1.43.